The average Bonchev–Trinajstić information content (AvgIpc) is 2.80. The molecule has 0 aliphatic carbocycles. The number of hydrogen-bond acceptors (Lipinski definition) is 5. The highest BCUT2D eigenvalue weighted by Crippen LogP contribution is 2.18. The first-order valence-corrected chi connectivity index (χ1v) is 6.32. The SMILES string of the molecule is CC(OC(=O)C1CCCN1C)n1cc(F)c(=O)[nH]c1=O. The van der Waals surface area contributed by atoms with Crippen molar-refractivity contribution in [1.29, 1.82) is 0 Å². The number of nitrogens with zero attached hydrogens (tertiary/aromatic N) is 2. The number of esters is 1. The molecule has 1 aliphatic heterocycles. The summed E-state index contributed by atoms with van der Waals surface area (Å²) in [4.78, 5) is 38.1. The van der Waals surface area contributed by atoms with Crippen molar-refractivity contribution in [2.45, 2.75) is 32.0 Å². The summed E-state index contributed by atoms with van der Waals surface area (Å²) < 4.78 is 19.2. The van der Waals surface area contributed by atoms with Crippen molar-refractivity contribution in [3.8, 4) is 0 Å². The molecule has 0 aromatic carbocycles. The number of aromatic amines is 1. The second kappa shape index (κ2) is 5.58. The van der Waals surface area contributed by atoms with Crippen molar-refractivity contribution in [3.05, 3.63) is 32.9 Å². The number of carbonyl (C=O) groups excluding carboxylic acids is 1. The van der Waals surface area contributed by atoms with Crippen LogP contribution in [-0.2, 0) is 9.53 Å². The number of likely N-dealkylation sites (N-methyl/N-ethyl adjacent to an activating group) is 1. The Morgan fingerprint density at radius 1 is 1.55 bits per heavy atom. The molecule has 1 aromatic heterocycles. The molecule has 2 unspecified atom stereocenters. The summed E-state index contributed by atoms with van der Waals surface area (Å²) in [6.07, 6.45) is 1.34. The molecule has 110 valence electrons. The summed E-state index contributed by atoms with van der Waals surface area (Å²) in [5.41, 5.74) is -1.92. The Morgan fingerprint density at radius 3 is 2.85 bits per heavy atom. The molecule has 7 nitrogen and oxygen atoms in total. The number of likely N-dealkylation sites (tertiary alicyclic amines) is 1. The van der Waals surface area contributed by atoms with Crippen molar-refractivity contribution in [2.75, 3.05) is 13.6 Å². The fourth-order valence-electron chi connectivity index (χ4n) is 2.24. The predicted octanol–water partition coefficient (Wildman–Crippen LogP) is -0.168. The summed E-state index contributed by atoms with van der Waals surface area (Å²) >= 11 is 0. The fourth-order valence-corrected chi connectivity index (χ4v) is 2.24. The molecule has 0 amide bonds. The van der Waals surface area contributed by atoms with Crippen LogP contribution in [0.25, 0.3) is 0 Å². The number of nitrogens with one attached hydrogen (secondary N) is 1. The van der Waals surface area contributed by atoms with Gasteiger partial charge in [0, 0.05) is 0 Å². The highest BCUT2D eigenvalue weighted by molar-refractivity contribution is 5.76. The van der Waals surface area contributed by atoms with Crippen LogP contribution in [-0.4, -0.2) is 40.1 Å². The van der Waals surface area contributed by atoms with Crippen LogP contribution in [0.3, 0.4) is 0 Å². The lowest BCUT2D eigenvalue weighted by atomic mass is 10.2. The molecule has 2 atom stereocenters. The van der Waals surface area contributed by atoms with Gasteiger partial charge in [0.1, 0.15) is 6.04 Å². The van der Waals surface area contributed by atoms with Crippen LogP contribution < -0.4 is 11.2 Å². The summed E-state index contributed by atoms with van der Waals surface area (Å²) in [5.74, 6) is -1.57. The lowest BCUT2D eigenvalue weighted by Gasteiger charge is -2.21. The first kappa shape index (κ1) is 14.4. The van der Waals surface area contributed by atoms with Crippen molar-refractivity contribution in [2.24, 2.45) is 0 Å². The van der Waals surface area contributed by atoms with Crippen LogP contribution in [0.4, 0.5) is 4.39 Å². The van der Waals surface area contributed by atoms with E-state index in [-0.39, 0.29) is 6.04 Å². The number of halogens is 1. The van der Waals surface area contributed by atoms with E-state index in [1.807, 2.05) is 16.9 Å². The molecule has 1 fully saturated rings. The zero-order valence-electron chi connectivity index (χ0n) is 11.3. The van der Waals surface area contributed by atoms with Gasteiger partial charge in [0.2, 0.25) is 5.82 Å². The Balaban J connectivity index is 2.14. The van der Waals surface area contributed by atoms with Crippen LogP contribution in [0, 0.1) is 5.82 Å². The van der Waals surface area contributed by atoms with Gasteiger partial charge >= 0.3 is 11.7 Å². The zero-order chi connectivity index (χ0) is 14.9. The van der Waals surface area contributed by atoms with Gasteiger partial charge in [0.05, 0.1) is 6.20 Å². The largest absolute Gasteiger partial charge is 0.440 e. The Morgan fingerprint density at radius 2 is 2.25 bits per heavy atom. The number of aromatic nitrogens is 2. The number of H-pyrrole nitrogens is 1. The smallest absolute Gasteiger partial charge is 0.331 e. The number of rotatable bonds is 3. The van der Waals surface area contributed by atoms with Crippen molar-refractivity contribution >= 4 is 5.97 Å². The highest BCUT2D eigenvalue weighted by Gasteiger charge is 2.30. The van der Waals surface area contributed by atoms with Gasteiger partial charge in [-0.2, -0.15) is 4.39 Å². The second-order valence-corrected chi connectivity index (χ2v) is 4.82. The van der Waals surface area contributed by atoms with Gasteiger partial charge in [-0.15, -0.1) is 0 Å². The molecular formula is C12H16FN3O4. The molecule has 20 heavy (non-hydrogen) atoms. The van der Waals surface area contributed by atoms with Crippen LogP contribution >= 0.6 is 0 Å². The summed E-state index contributed by atoms with van der Waals surface area (Å²) in [6, 6.07) is -0.347. The van der Waals surface area contributed by atoms with E-state index in [2.05, 4.69) is 0 Å². The highest BCUT2D eigenvalue weighted by atomic mass is 19.1. The van der Waals surface area contributed by atoms with Gasteiger partial charge in [0.15, 0.2) is 6.23 Å². The molecule has 2 rings (SSSR count). The van der Waals surface area contributed by atoms with E-state index in [0.29, 0.717) is 6.42 Å². The Labute approximate surface area is 114 Å². The van der Waals surface area contributed by atoms with E-state index in [9.17, 15) is 18.8 Å². The molecule has 8 heteroatoms. The van der Waals surface area contributed by atoms with Crippen LogP contribution in [0.2, 0.25) is 0 Å². The monoisotopic (exact) mass is 285 g/mol. The minimum Gasteiger partial charge on any atom is -0.440 e. The lowest BCUT2D eigenvalue weighted by Crippen LogP contribution is -2.38. The molecule has 0 bridgehead atoms. The van der Waals surface area contributed by atoms with Crippen molar-refractivity contribution < 1.29 is 13.9 Å². The van der Waals surface area contributed by atoms with E-state index in [4.69, 9.17) is 4.74 Å². The minimum atomic E-state index is -1.11. The topological polar surface area (TPSA) is 84.4 Å². The summed E-state index contributed by atoms with van der Waals surface area (Å²) in [5, 5.41) is 0. The van der Waals surface area contributed by atoms with E-state index in [1.165, 1.54) is 6.92 Å². The van der Waals surface area contributed by atoms with E-state index in [1.54, 1.807) is 0 Å². The van der Waals surface area contributed by atoms with Gasteiger partial charge in [0.25, 0.3) is 5.56 Å². The third-order valence-corrected chi connectivity index (χ3v) is 3.40. The molecule has 2 heterocycles. The normalized spacial score (nSPS) is 20.9. The van der Waals surface area contributed by atoms with E-state index in [0.717, 1.165) is 23.7 Å². The third kappa shape index (κ3) is 2.79. The van der Waals surface area contributed by atoms with Crippen LogP contribution in [0.15, 0.2) is 15.8 Å². The molecule has 1 aromatic rings. The average molecular weight is 285 g/mol. The summed E-state index contributed by atoms with van der Waals surface area (Å²) in [7, 11) is 1.81. The second-order valence-electron chi connectivity index (χ2n) is 4.82. The Kier molecular flexibility index (Phi) is 4.03. The molecule has 1 N–H and O–H groups in total. The first-order chi connectivity index (χ1) is 9.40. The predicted molar refractivity (Wildman–Crippen MR) is 67.7 cm³/mol. The molecule has 0 spiro atoms. The van der Waals surface area contributed by atoms with Gasteiger partial charge in [-0.3, -0.25) is 24.0 Å². The lowest BCUT2D eigenvalue weighted by molar-refractivity contribution is -0.157. The molecule has 0 radical (unpaired) electrons. The Bertz CT molecular complexity index is 624. The van der Waals surface area contributed by atoms with Crippen LogP contribution in [0.5, 0.6) is 0 Å². The Hall–Kier alpha value is -1.96. The third-order valence-electron chi connectivity index (χ3n) is 3.40. The van der Waals surface area contributed by atoms with E-state index >= 15 is 0 Å². The molecule has 0 saturated carbocycles. The fraction of sp³-hybridized carbons (Fsp3) is 0.583. The van der Waals surface area contributed by atoms with Gasteiger partial charge in [-0.1, -0.05) is 0 Å². The first-order valence-electron chi connectivity index (χ1n) is 6.32. The molecular weight excluding hydrogens is 269 g/mol. The number of hydrogen-bond donors (Lipinski definition) is 1. The van der Waals surface area contributed by atoms with Crippen LogP contribution in [0.1, 0.15) is 26.0 Å². The quantitative estimate of drug-likeness (QED) is 0.780. The van der Waals surface area contributed by atoms with Gasteiger partial charge in [-0.25, -0.2) is 4.79 Å². The summed E-state index contributed by atoms with van der Waals surface area (Å²) in [6.45, 7) is 2.24. The maximum atomic E-state index is 13.2. The van der Waals surface area contributed by atoms with Gasteiger partial charge in [-0.05, 0) is 33.4 Å². The number of carbonyl (C=O) groups is 1. The van der Waals surface area contributed by atoms with Crippen molar-refractivity contribution in [1.82, 2.24) is 14.5 Å². The van der Waals surface area contributed by atoms with Gasteiger partial charge < -0.3 is 4.74 Å². The van der Waals surface area contributed by atoms with E-state index < -0.39 is 29.3 Å². The number of ether oxygens (including phenoxy) is 1. The molecule has 1 saturated heterocycles. The molecule has 1 aliphatic rings. The standard InChI is InChI=1S/C12H16FN3O4/c1-7(16-6-8(13)10(17)14-12(16)19)20-11(18)9-4-3-5-15(9)2/h6-7,9H,3-5H2,1-2H3,(H,14,17,19). The maximum absolute atomic E-state index is 13.2. The van der Waals surface area contributed by atoms with Crippen molar-refractivity contribution in [3.63, 3.8) is 0 Å². The maximum Gasteiger partial charge on any atom is 0.331 e. The zero-order valence-corrected chi connectivity index (χ0v) is 11.3. The minimum absolute atomic E-state index is 0.347.